The molecule has 2 aromatic rings. The molecule has 9 nitrogen and oxygen atoms in total. The van der Waals surface area contributed by atoms with E-state index in [1.54, 1.807) is 24.3 Å². The van der Waals surface area contributed by atoms with E-state index < -0.39 is 12.1 Å². The molecule has 1 fully saturated rings. The van der Waals surface area contributed by atoms with Crippen LogP contribution in [-0.2, 0) is 0 Å². The SMILES string of the molecule is COc1cc(OCC(O)CN2CCN(c3ccccc3C(=O)O)CC2)cc(OC)c1OC. The molecule has 9 heteroatoms. The fourth-order valence-corrected chi connectivity index (χ4v) is 3.79. The lowest BCUT2D eigenvalue weighted by Crippen LogP contribution is -2.49. The van der Waals surface area contributed by atoms with Crippen LogP contribution in [0.1, 0.15) is 10.4 Å². The van der Waals surface area contributed by atoms with Gasteiger partial charge in [0.15, 0.2) is 11.5 Å². The first kappa shape index (κ1) is 23.5. The molecule has 0 saturated carbocycles. The number of benzene rings is 2. The number of hydrogen-bond acceptors (Lipinski definition) is 8. The third-order valence-corrected chi connectivity index (χ3v) is 5.40. The van der Waals surface area contributed by atoms with Crippen molar-refractivity contribution in [2.45, 2.75) is 6.10 Å². The van der Waals surface area contributed by atoms with Crippen LogP contribution < -0.4 is 23.8 Å². The van der Waals surface area contributed by atoms with Crippen molar-refractivity contribution in [2.75, 3.05) is 65.6 Å². The number of methoxy groups -OCH3 is 3. The molecule has 174 valence electrons. The van der Waals surface area contributed by atoms with Crippen molar-refractivity contribution in [1.82, 2.24) is 4.90 Å². The molecule has 1 aliphatic heterocycles. The van der Waals surface area contributed by atoms with Crippen molar-refractivity contribution >= 4 is 11.7 Å². The largest absolute Gasteiger partial charge is 0.493 e. The Bertz CT molecular complexity index is 888. The summed E-state index contributed by atoms with van der Waals surface area (Å²) in [5.74, 6) is 1.02. The van der Waals surface area contributed by atoms with Crippen LogP contribution in [0.2, 0.25) is 0 Å². The van der Waals surface area contributed by atoms with Crippen molar-refractivity contribution in [3.63, 3.8) is 0 Å². The van der Waals surface area contributed by atoms with Crippen LogP contribution in [0.5, 0.6) is 23.0 Å². The predicted molar refractivity (Wildman–Crippen MR) is 120 cm³/mol. The monoisotopic (exact) mass is 446 g/mol. The van der Waals surface area contributed by atoms with E-state index in [-0.39, 0.29) is 6.61 Å². The number of hydrogen-bond donors (Lipinski definition) is 2. The first-order valence-corrected chi connectivity index (χ1v) is 10.4. The Morgan fingerprint density at radius 1 is 1.00 bits per heavy atom. The van der Waals surface area contributed by atoms with Gasteiger partial charge in [0.2, 0.25) is 5.75 Å². The molecule has 3 rings (SSSR count). The molecule has 2 aromatic carbocycles. The van der Waals surface area contributed by atoms with Gasteiger partial charge in [0.1, 0.15) is 18.5 Å². The van der Waals surface area contributed by atoms with Gasteiger partial charge in [-0.1, -0.05) is 12.1 Å². The fraction of sp³-hybridized carbons (Fsp3) is 0.435. The first-order chi connectivity index (χ1) is 15.5. The van der Waals surface area contributed by atoms with Gasteiger partial charge in [0, 0.05) is 44.9 Å². The molecule has 32 heavy (non-hydrogen) atoms. The van der Waals surface area contributed by atoms with Crippen LogP contribution in [-0.4, -0.2) is 87.8 Å². The third-order valence-electron chi connectivity index (χ3n) is 5.40. The summed E-state index contributed by atoms with van der Waals surface area (Å²) < 4.78 is 21.7. The smallest absolute Gasteiger partial charge is 0.337 e. The minimum Gasteiger partial charge on any atom is -0.493 e. The highest BCUT2D eigenvalue weighted by Gasteiger charge is 2.23. The van der Waals surface area contributed by atoms with Gasteiger partial charge in [0.25, 0.3) is 0 Å². The number of β-amino-alcohol motifs (C(OH)–C–C–N with tert-alkyl or cyclic N) is 1. The van der Waals surface area contributed by atoms with Crippen molar-refractivity contribution in [1.29, 1.82) is 0 Å². The normalized spacial score (nSPS) is 15.2. The maximum atomic E-state index is 11.5. The number of carboxylic acid groups (broad SMARTS) is 1. The number of aliphatic hydroxyl groups is 1. The summed E-state index contributed by atoms with van der Waals surface area (Å²) in [6.07, 6.45) is -0.688. The predicted octanol–water partition coefficient (Wildman–Crippen LogP) is 1.97. The first-order valence-electron chi connectivity index (χ1n) is 10.4. The molecule has 0 aromatic heterocycles. The zero-order valence-electron chi connectivity index (χ0n) is 18.6. The molecule has 0 amide bonds. The minimum absolute atomic E-state index is 0.112. The van der Waals surface area contributed by atoms with Crippen molar-refractivity contribution in [2.24, 2.45) is 0 Å². The standard InChI is InChI=1S/C23H30N2O7/c1-29-20-12-17(13-21(30-2)22(20)31-3)32-15-16(26)14-24-8-10-25(11-9-24)19-7-5-4-6-18(19)23(27)28/h4-7,12-13,16,26H,8-11,14-15H2,1-3H3,(H,27,28). The summed E-state index contributed by atoms with van der Waals surface area (Å²) in [4.78, 5) is 15.7. The third kappa shape index (κ3) is 5.54. The molecule has 0 bridgehead atoms. The summed E-state index contributed by atoms with van der Waals surface area (Å²) in [6.45, 7) is 3.37. The van der Waals surface area contributed by atoms with Gasteiger partial charge in [-0.15, -0.1) is 0 Å². The zero-order valence-corrected chi connectivity index (χ0v) is 18.6. The Balaban J connectivity index is 1.52. The Morgan fingerprint density at radius 2 is 1.62 bits per heavy atom. The quantitative estimate of drug-likeness (QED) is 0.567. The van der Waals surface area contributed by atoms with Gasteiger partial charge in [-0.25, -0.2) is 4.79 Å². The average molecular weight is 447 g/mol. The topological polar surface area (TPSA) is 101 Å². The Labute approximate surface area is 187 Å². The van der Waals surface area contributed by atoms with Gasteiger partial charge in [-0.2, -0.15) is 0 Å². The lowest BCUT2D eigenvalue weighted by Gasteiger charge is -2.37. The van der Waals surface area contributed by atoms with E-state index in [1.807, 2.05) is 12.1 Å². The number of ether oxygens (including phenoxy) is 4. The van der Waals surface area contributed by atoms with E-state index >= 15 is 0 Å². The zero-order chi connectivity index (χ0) is 23.1. The van der Waals surface area contributed by atoms with E-state index in [2.05, 4.69) is 9.80 Å². The second-order valence-electron chi connectivity index (χ2n) is 7.44. The molecule has 0 aliphatic carbocycles. The lowest BCUT2D eigenvalue weighted by atomic mass is 10.1. The number of nitrogens with zero attached hydrogens (tertiary/aromatic N) is 2. The summed E-state index contributed by atoms with van der Waals surface area (Å²) in [7, 11) is 4.60. The van der Waals surface area contributed by atoms with E-state index in [1.165, 1.54) is 21.3 Å². The fourth-order valence-electron chi connectivity index (χ4n) is 3.79. The highest BCUT2D eigenvalue weighted by molar-refractivity contribution is 5.94. The van der Waals surface area contributed by atoms with Gasteiger partial charge in [-0.05, 0) is 12.1 Å². The van der Waals surface area contributed by atoms with E-state index in [0.717, 1.165) is 18.8 Å². The van der Waals surface area contributed by atoms with Gasteiger partial charge < -0.3 is 34.1 Å². The summed E-state index contributed by atoms with van der Waals surface area (Å²) in [5, 5.41) is 19.9. The number of anilines is 1. The number of carboxylic acids is 1. The minimum atomic E-state index is -0.928. The second-order valence-corrected chi connectivity index (χ2v) is 7.44. The number of piperazine rings is 1. The maximum absolute atomic E-state index is 11.5. The number of aromatic carboxylic acids is 1. The molecular weight excluding hydrogens is 416 g/mol. The molecule has 2 N–H and O–H groups in total. The number of carbonyl (C=O) groups is 1. The van der Waals surface area contributed by atoms with Crippen molar-refractivity contribution in [3.8, 4) is 23.0 Å². The van der Waals surface area contributed by atoms with Gasteiger partial charge in [-0.3, -0.25) is 4.90 Å². The molecule has 1 unspecified atom stereocenters. The maximum Gasteiger partial charge on any atom is 0.337 e. The molecular formula is C23H30N2O7. The van der Waals surface area contributed by atoms with Crippen LogP contribution in [0.3, 0.4) is 0 Å². The van der Waals surface area contributed by atoms with Crippen LogP contribution in [0.25, 0.3) is 0 Å². The van der Waals surface area contributed by atoms with Crippen LogP contribution >= 0.6 is 0 Å². The summed E-state index contributed by atoms with van der Waals surface area (Å²) >= 11 is 0. The van der Waals surface area contributed by atoms with Crippen LogP contribution in [0.15, 0.2) is 36.4 Å². The van der Waals surface area contributed by atoms with Crippen molar-refractivity contribution < 1.29 is 34.0 Å². The molecule has 0 radical (unpaired) electrons. The average Bonchev–Trinajstić information content (AvgIpc) is 2.82. The van der Waals surface area contributed by atoms with E-state index in [4.69, 9.17) is 18.9 Å². The molecule has 0 spiro atoms. The molecule has 1 heterocycles. The van der Waals surface area contributed by atoms with Gasteiger partial charge in [0.05, 0.1) is 32.6 Å². The highest BCUT2D eigenvalue weighted by Crippen LogP contribution is 2.40. The molecule has 1 atom stereocenters. The summed E-state index contributed by atoms with van der Waals surface area (Å²) in [6, 6.07) is 10.4. The highest BCUT2D eigenvalue weighted by atomic mass is 16.5. The Morgan fingerprint density at radius 3 is 2.19 bits per heavy atom. The van der Waals surface area contributed by atoms with E-state index in [9.17, 15) is 15.0 Å². The molecule has 1 saturated heterocycles. The van der Waals surface area contributed by atoms with E-state index in [0.29, 0.717) is 48.2 Å². The van der Waals surface area contributed by atoms with Gasteiger partial charge >= 0.3 is 5.97 Å². The number of para-hydroxylation sites is 1. The van der Waals surface area contributed by atoms with Crippen molar-refractivity contribution in [3.05, 3.63) is 42.0 Å². The van der Waals surface area contributed by atoms with Crippen LogP contribution in [0, 0.1) is 0 Å². The number of aliphatic hydroxyl groups excluding tert-OH is 1. The number of rotatable bonds is 10. The lowest BCUT2D eigenvalue weighted by molar-refractivity contribution is 0.0660. The van der Waals surface area contributed by atoms with Crippen LogP contribution in [0.4, 0.5) is 5.69 Å². The summed E-state index contributed by atoms with van der Waals surface area (Å²) in [5.41, 5.74) is 1.03. The second kappa shape index (κ2) is 10.9. The Kier molecular flexibility index (Phi) is 8.02. The molecule has 1 aliphatic rings. The Hall–Kier alpha value is -3.17.